The number of piperidine rings is 2. The lowest BCUT2D eigenvalue weighted by Crippen LogP contribution is -2.43. The normalized spacial score (nSPS) is 22.0. The van der Waals surface area contributed by atoms with Gasteiger partial charge in [-0.2, -0.15) is 0 Å². The highest BCUT2D eigenvalue weighted by Crippen LogP contribution is 2.22. The lowest BCUT2D eigenvalue weighted by molar-refractivity contribution is 0.0474. The van der Waals surface area contributed by atoms with E-state index in [2.05, 4.69) is 16.8 Å². The van der Waals surface area contributed by atoms with Crippen LogP contribution in [0, 0.1) is 0 Å². The summed E-state index contributed by atoms with van der Waals surface area (Å²) in [5, 5.41) is 13.2. The topological polar surface area (TPSA) is 55.8 Å². The zero-order valence-electron chi connectivity index (χ0n) is 14.9. The van der Waals surface area contributed by atoms with Crippen LogP contribution in [0.5, 0.6) is 0 Å². The first-order valence-electron chi connectivity index (χ1n) is 9.34. The summed E-state index contributed by atoms with van der Waals surface area (Å²) in [6.07, 6.45) is 5.44. The van der Waals surface area contributed by atoms with Crippen molar-refractivity contribution in [1.82, 2.24) is 10.2 Å². The van der Waals surface area contributed by atoms with Gasteiger partial charge in [-0.15, -0.1) is 6.58 Å². The number of likely N-dealkylation sites (tertiary alicyclic amines) is 1. The molecule has 0 saturated carbocycles. The summed E-state index contributed by atoms with van der Waals surface area (Å²) in [5.41, 5.74) is 1.89. The molecule has 136 valence electrons. The molecule has 0 aromatic heterocycles. The molecule has 2 heterocycles. The van der Waals surface area contributed by atoms with Crippen LogP contribution >= 0.6 is 0 Å². The highest BCUT2D eigenvalue weighted by Gasteiger charge is 2.23. The SMILES string of the molecule is C=CCNC1CCN(c2ccc(C(=O)N3CCC[C@H](O)C3)cc2)CC1. The van der Waals surface area contributed by atoms with Crippen molar-refractivity contribution in [3.05, 3.63) is 42.5 Å². The van der Waals surface area contributed by atoms with Crippen LogP contribution in [0.25, 0.3) is 0 Å². The maximum absolute atomic E-state index is 12.6. The van der Waals surface area contributed by atoms with Crippen LogP contribution in [0.3, 0.4) is 0 Å². The van der Waals surface area contributed by atoms with Crippen LogP contribution in [-0.4, -0.2) is 60.8 Å². The number of carbonyl (C=O) groups is 1. The summed E-state index contributed by atoms with van der Waals surface area (Å²) in [6, 6.07) is 8.50. The monoisotopic (exact) mass is 343 g/mol. The molecule has 2 aliphatic rings. The molecule has 1 aromatic rings. The summed E-state index contributed by atoms with van der Waals surface area (Å²) in [6.45, 7) is 7.86. The molecule has 2 N–H and O–H groups in total. The van der Waals surface area contributed by atoms with E-state index >= 15 is 0 Å². The second-order valence-electron chi connectivity index (χ2n) is 7.05. The summed E-state index contributed by atoms with van der Waals surface area (Å²) < 4.78 is 0. The van der Waals surface area contributed by atoms with Gasteiger partial charge in [0.25, 0.3) is 5.91 Å². The van der Waals surface area contributed by atoms with Gasteiger partial charge < -0.3 is 20.2 Å². The number of benzene rings is 1. The van der Waals surface area contributed by atoms with E-state index in [0.717, 1.165) is 51.9 Å². The first-order valence-corrected chi connectivity index (χ1v) is 9.34. The van der Waals surface area contributed by atoms with Gasteiger partial charge in [0.1, 0.15) is 0 Å². The van der Waals surface area contributed by atoms with E-state index < -0.39 is 0 Å². The van der Waals surface area contributed by atoms with E-state index in [4.69, 9.17) is 0 Å². The van der Waals surface area contributed by atoms with Gasteiger partial charge in [0.05, 0.1) is 6.10 Å². The number of nitrogens with one attached hydrogen (secondary N) is 1. The molecule has 2 fully saturated rings. The number of aliphatic hydroxyl groups excluding tert-OH is 1. The quantitative estimate of drug-likeness (QED) is 0.803. The maximum Gasteiger partial charge on any atom is 0.253 e. The molecule has 1 atom stereocenters. The van der Waals surface area contributed by atoms with Crippen molar-refractivity contribution in [2.45, 2.75) is 37.8 Å². The summed E-state index contributed by atoms with van der Waals surface area (Å²) in [7, 11) is 0. The molecule has 0 bridgehead atoms. The lowest BCUT2D eigenvalue weighted by Gasteiger charge is -2.34. The number of β-amino-alcohol motifs (C(OH)–C–C–N with tert-alkyl or cyclic N) is 1. The van der Waals surface area contributed by atoms with E-state index in [1.807, 2.05) is 30.3 Å². The average molecular weight is 343 g/mol. The largest absolute Gasteiger partial charge is 0.391 e. The van der Waals surface area contributed by atoms with Gasteiger partial charge in [0.15, 0.2) is 0 Å². The van der Waals surface area contributed by atoms with Gasteiger partial charge in [-0.05, 0) is 49.9 Å². The van der Waals surface area contributed by atoms with Crippen molar-refractivity contribution >= 4 is 11.6 Å². The lowest BCUT2D eigenvalue weighted by atomic mass is 10.0. The number of nitrogens with zero attached hydrogens (tertiary/aromatic N) is 2. The Kier molecular flexibility index (Phi) is 6.10. The predicted octanol–water partition coefficient (Wildman–Crippen LogP) is 2.03. The van der Waals surface area contributed by atoms with Crippen molar-refractivity contribution in [1.29, 1.82) is 0 Å². The van der Waals surface area contributed by atoms with E-state index in [1.54, 1.807) is 4.90 Å². The van der Waals surface area contributed by atoms with Crippen LogP contribution in [0.4, 0.5) is 5.69 Å². The van der Waals surface area contributed by atoms with Crippen molar-refractivity contribution in [3.63, 3.8) is 0 Å². The summed E-state index contributed by atoms with van der Waals surface area (Å²) in [5.74, 6) is 0.0256. The molecule has 1 amide bonds. The van der Waals surface area contributed by atoms with Gasteiger partial charge in [0, 0.05) is 50.0 Å². The van der Waals surface area contributed by atoms with Gasteiger partial charge in [0.2, 0.25) is 0 Å². The van der Waals surface area contributed by atoms with Gasteiger partial charge in [-0.3, -0.25) is 4.79 Å². The Morgan fingerprint density at radius 1 is 1.20 bits per heavy atom. The summed E-state index contributed by atoms with van der Waals surface area (Å²) in [4.78, 5) is 16.7. The third kappa shape index (κ3) is 4.61. The Morgan fingerprint density at radius 3 is 2.56 bits per heavy atom. The number of hydrogen-bond acceptors (Lipinski definition) is 4. The van der Waals surface area contributed by atoms with Crippen molar-refractivity contribution in [2.75, 3.05) is 37.6 Å². The number of carbonyl (C=O) groups excluding carboxylic acids is 1. The number of anilines is 1. The van der Waals surface area contributed by atoms with E-state index in [0.29, 0.717) is 18.2 Å². The number of hydrogen-bond donors (Lipinski definition) is 2. The molecule has 2 aliphatic heterocycles. The second kappa shape index (κ2) is 8.50. The fourth-order valence-corrected chi connectivity index (χ4v) is 3.73. The van der Waals surface area contributed by atoms with Gasteiger partial charge >= 0.3 is 0 Å². The minimum absolute atomic E-state index is 0.0256. The predicted molar refractivity (Wildman–Crippen MR) is 101 cm³/mol. The molecule has 25 heavy (non-hydrogen) atoms. The molecule has 5 heteroatoms. The molecular formula is C20H29N3O2. The maximum atomic E-state index is 12.6. The molecule has 0 aliphatic carbocycles. The van der Waals surface area contributed by atoms with E-state index in [1.165, 1.54) is 5.69 Å². The molecule has 0 radical (unpaired) electrons. The molecule has 1 aromatic carbocycles. The summed E-state index contributed by atoms with van der Waals surface area (Å²) >= 11 is 0. The number of aliphatic hydroxyl groups is 1. The fourth-order valence-electron chi connectivity index (χ4n) is 3.73. The van der Waals surface area contributed by atoms with Crippen molar-refractivity contribution in [3.8, 4) is 0 Å². The molecule has 3 rings (SSSR count). The smallest absolute Gasteiger partial charge is 0.253 e. The highest BCUT2D eigenvalue weighted by atomic mass is 16.3. The van der Waals surface area contributed by atoms with Crippen LogP contribution in [0.1, 0.15) is 36.0 Å². The third-order valence-electron chi connectivity index (χ3n) is 5.21. The first-order chi connectivity index (χ1) is 12.2. The van der Waals surface area contributed by atoms with Crippen LogP contribution in [-0.2, 0) is 0 Å². The third-order valence-corrected chi connectivity index (χ3v) is 5.21. The molecule has 5 nitrogen and oxygen atoms in total. The van der Waals surface area contributed by atoms with Gasteiger partial charge in [-0.25, -0.2) is 0 Å². The zero-order valence-corrected chi connectivity index (χ0v) is 14.9. The Labute approximate surface area is 150 Å². The molecule has 0 spiro atoms. The second-order valence-corrected chi connectivity index (χ2v) is 7.05. The van der Waals surface area contributed by atoms with Crippen LogP contribution < -0.4 is 10.2 Å². The number of amides is 1. The molecule has 2 saturated heterocycles. The standard InChI is InChI=1S/C20H29N3O2/c1-2-11-21-17-9-13-22(14-10-17)18-7-5-16(6-8-18)20(25)23-12-3-4-19(24)15-23/h2,5-8,17,19,21,24H,1,3-4,9-15H2/t19-/m0/s1. The Morgan fingerprint density at radius 2 is 1.92 bits per heavy atom. The fraction of sp³-hybridized carbons (Fsp3) is 0.550. The molecule has 0 unspecified atom stereocenters. The van der Waals surface area contributed by atoms with Crippen molar-refractivity contribution < 1.29 is 9.90 Å². The van der Waals surface area contributed by atoms with Crippen LogP contribution in [0.15, 0.2) is 36.9 Å². The highest BCUT2D eigenvalue weighted by molar-refractivity contribution is 5.94. The zero-order chi connectivity index (χ0) is 17.6. The molecular weight excluding hydrogens is 314 g/mol. The van der Waals surface area contributed by atoms with Gasteiger partial charge in [-0.1, -0.05) is 6.08 Å². The van der Waals surface area contributed by atoms with Crippen LogP contribution in [0.2, 0.25) is 0 Å². The van der Waals surface area contributed by atoms with E-state index in [9.17, 15) is 9.90 Å². The Balaban J connectivity index is 1.55. The minimum atomic E-state index is -0.382. The average Bonchev–Trinajstić information content (AvgIpc) is 2.66. The van der Waals surface area contributed by atoms with E-state index in [-0.39, 0.29) is 12.0 Å². The Hall–Kier alpha value is -1.85. The van der Waals surface area contributed by atoms with Crippen molar-refractivity contribution in [2.24, 2.45) is 0 Å². The first kappa shape index (κ1) is 18.0. The Bertz CT molecular complexity index is 579. The number of rotatable bonds is 5. The minimum Gasteiger partial charge on any atom is -0.391 e.